The Balaban J connectivity index is 1.96. The van der Waals surface area contributed by atoms with Crippen molar-refractivity contribution in [3.05, 3.63) is 56.2 Å². The largest absolute Gasteiger partial charge is 0.465 e. The Labute approximate surface area is 201 Å². The van der Waals surface area contributed by atoms with Crippen LogP contribution in [0.15, 0.2) is 33.9 Å². The Kier molecular flexibility index (Phi) is 7.02. The monoisotopic (exact) mass is 479 g/mol. The van der Waals surface area contributed by atoms with Gasteiger partial charge in [0.25, 0.3) is 5.56 Å². The van der Waals surface area contributed by atoms with Gasteiger partial charge >= 0.3 is 11.7 Å². The smallest absolute Gasteiger partial charge is 0.333 e. The zero-order chi connectivity index (χ0) is 25.1. The van der Waals surface area contributed by atoms with Crippen LogP contribution in [0.5, 0.6) is 0 Å². The van der Waals surface area contributed by atoms with Crippen molar-refractivity contribution in [3.8, 4) is 6.07 Å². The van der Waals surface area contributed by atoms with Crippen LogP contribution in [-0.2, 0) is 29.2 Å². The number of nitrogens with two attached hydrogens (primary N) is 1. The third kappa shape index (κ3) is 4.57. The van der Waals surface area contributed by atoms with E-state index < -0.39 is 17.2 Å². The number of anilines is 1. The molecular formula is C24H29N7O4. The maximum absolute atomic E-state index is 13.7. The molecule has 1 fully saturated rings. The molecule has 2 N–H and O–H groups in total. The molecule has 1 unspecified atom stereocenters. The summed E-state index contributed by atoms with van der Waals surface area (Å²) in [5.74, 6) is -0.0620. The molecule has 4 rings (SSSR count). The second kappa shape index (κ2) is 10.1. The first-order valence-electron chi connectivity index (χ1n) is 11.8. The third-order valence-corrected chi connectivity index (χ3v) is 6.21. The van der Waals surface area contributed by atoms with Gasteiger partial charge in [-0.3, -0.25) is 18.7 Å². The fraction of sp³-hybridized carbons (Fsp3) is 0.458. The molecule has 11 heteroatoms. The fourth-order valence-electron chi connectivity index (χ4n) is 4.57. The van der Waals surface area contributed by atoms with Crippen molar-refractivity contribution in [2.45, 2.75) is 52.4 Å². The summed E-state index contributed by atoms with van der Waals surface area (Å²) in [5.41, 5.74) is 6.21. The number of hydrogen-bond acceptors (Lipinski definition) is 8. The van der Waals surface area contributed by atoms with Gasteiger partial charge in [-0.05, 0) is 38.3 Å². The molecule has 0 spiro atoms. The topological polar surface area (TPSA) is 141 Å². The molecule has 3 aromatic rings. The number of benzene rings is 1. The number of piperidine rings is 1. The molecule has 184 valence electrons. The molecule has 11 nitrogen and oxygen atoms in total. The molecule has 0 saturated carbocycles. The predicted octanol–water partition coefficient (Wildman–Crippen LogP) is 0.790. The summed E-state index contributed by atoms with van der Waals surface area (Å²) in [6.45, 7) is 4.97. The van der Waals surface area contributed by atoms with Crippen LogP contribution in [0.4, 0.5) is 5.95 Å². The molecule has 3 heterocycles. The average Bonchev–Trinajstić information content (AvgIpc) is 3.24. The van der Waals surface area contributed by atoms with Gasteiger partial charge < -0.3 is 19.9 Å². The van der Waals surface area contributed by atoms with E-state index in [1.165, 1.54) is 4.57 Å². The van der Waals surface area contributed by atoms with Crippen molar-refractivity contribution >= 4 is 23.1 Å². The number of aryl methyl sites for hydroxylation is 1. The lowest BCUT2D eigenvalue weighted by Gasteiger charge is -2.31. The molecule has 35 heavy (non-hydrogen) atoms. The van der Waals surface area contributed by atoms with Gasteiger partial charge in [0.1, 0.15) is 6.54 Å². The summed E-state index contributed by atoms with van der Waals surface area (Å²) >= 11 is 0. The van der Waals surface area contributed by atoms with Crippen LogP contribution < -0.4 is 21.9 Å². The van der Waals surface area contributed by atoms with Gasteiger partial charge in [-0.15, -0.1) is 0 Å². The SMILES string of the molecule is CCOC(=O)Cn1c(=O)n(Cc2ccccc2C#N)c(=O)c2c1nc(N1CCCC(N)C1)n2CC. The summed E-state index contributed by atoms with van der Waals surface area (Å²) in [6.07, 6.45) is 1.79. The minimum absolute atomic E-state index is 0.0188. The first kappa shape index (κ1) is 24.2. The summed E-state index contributed by atoms with van der Waals surface area (Å²) < 4.78 is 9.08. The Hall–Kier alpha value is -3.91. The molecule has 0 amide bonds. The van der Waals surface area contributed by atoms with Crippen LogP contribution in [0.2, 0.25) is 0 Å². The van der Waals surface area contributed by atoms with Crippen LogP contribution in [0.3, 0.4) is 0 Å². The number of hydrogen-bond donors (Lipinski definition) is 1. The molecule has 1 aromatic carbocycles. The Morgan fingerprint density at radius 1 is 1.23 bits per heavy atom. The van der Waals surface area contributed by atoms with Gasteiger partial charge in [0.05, 0.1) is 24.8 Å². The standard InChI is InChI=1S/C24H29N7O4/c1-3-29-20-21(27-23(29)28-11-7-10-18(26)14-28)30(15-19(32)35-4-2)24(34)31(22(20)33)13-17-9-6-5-8-16(17)12-25/h5-6,8-9,18H,3-4,7,10-11,13-15,26H2,1-2H3. The van der Waals surface area contributed by atoms with Crippen molar-refractivity contribution < 1.29 is 9.53 Å². The van der Waals surface area contributed by atoms with E-state index in [0.717, 1.165) is 24.0 Å². The van der Waals surface area contributed by atoms with Gasteiger partial charge in [-0.2, -0.15) is 10.2 Å². The summed E-state index contributed by atoms with van der Waals surface area (Å²) in [6, 6.07) is 8.86. The quantitative estimate of drug-likeness (QED) is 0.490. The zero-order valence-corrected chi connectivity index (χ0v) is 19.9. The summed E-state index contributed by atoms with van der Waals surface area (Å²) in [4.78, 5) is 46.3. The molecular weight excluding hydrogens is 450 g/mol. The molecule has 1 saturated heterocycles. The predicted molar refractivity (Wildman–Crippen MR) is 130 cm³/mol. The first-order chi connectivity index (χ1) is 16.9. The number of ether oxygens (including phenoxy) is 1. The van der Waals surface area contributed by atoms with Crippen LogP contribution in [-0.4, -0.2) is 50.4 Å². The average molecular weight is 480 g/mol. The van der Waals surface area contributed by atoms with Crippen molar-refractivity contribution in [2.24, 2.45) is 5.73 Å². The highest BCUT2D eigenvalue weighted by molar-refractivity contribution is 5.77. The van der Waals surface area contributed by atoms with Gasteiger partial charge in [0.15, 0.2) is 11.2 Å². The van der Waals surface area contributed by atoms with Crippen molar-refractivity contribution in [1.29, 1.82) is 5.26 Å². The Morgan fingerprint density at radius 3 is 2.69 bits per heavy atom. The number of imidazole rings is 1. The number of aromatic nitrogens is 4. The first-order valence-corrected chi connectivity index (χ1v) is 11.8. The molecule has 1 aliphatic rings. The van der Waals surface area contributed by atoms with E-state index in [2.05, 4.69) is 11.1 Å². The lowest BCUT2D eigenvalue weighted by atomic mass is 10.1. The molecule has 0 aliphatic carbocycles. The van der Waals surface area contributed by atoms with Gasteiger partial charge in [0, 0.05) is 25.7 Å². The summed E-state index contributed by atoms with van der Waals surface area (Å²) in [7, 11) is 0. The van der Waals surface area contributed by atoms with Gasteiger partial charge in [-0.1, -0.05) is 18.2 Å². The lowest BCUT2D eigenvalue weighted by Crippen LogP contribution is -2.44. The van der Waals surface area contributed by atoms with E-state index in [0.29, 0.717) is 30.2 Å². The molecule has 0 bridgehead atoms. The number of esters is 1. The molecule has 0 radical (unpaired) electrons. The highest BCUT2D eigenvalue weighted by atomic mass is 16.5. The number of nitriles is 1. The van der Waals surface area contributed by atoms with E-state index in [1.54, 1.807) is 35.8 Å². The van der Waals surface area contributed by atoms with Gasteiger partial charge in [0.2, 0.25) is 5.95 Å². The lowest BCUT2D eigenvalue weighted by molar-refractivity contribution is -0.143. The van der Waals surface area contributed by atoms with Crippen LogP contribution in [0, 0.1) is 11.3 Å². The number of fused-ring (bicyclic) bond motifs is 1. The van der Waals surface area contributed by atoms with Gasteiger partial charge in [-0.25, -0.2) is 4.79 Å². The Bertz CT molecular complexity index is 1410. The van der Waals surface area contributed by atoms with Crippen molar-refractivity contribution in [2.75, 3.05) is 24.6 Å². The number of carbonyl (C=O) groups is 1. The van der Waals surface area contributed by atoms with E-state index in [9.17, 15) is 19.6 Å². The second-order valence-corrected chi connectivity index (χ2v) is 8.51. The van der Waals surface area contributed by atoms with E-state index in [-0.39, 0.29) is 36.9 Å². The number of carbonyl (C=O) groups excluding carboxylic acids is 1. The number of nitrogens with zero attached hydrogens (tertiary/aromatic N) is 6. The zero-order valence-electron chi connectivity index (χ0n) is 19.9. The van der Waals surface area contributed by atoms with E-state index >= 15 is 0 Å². The second-order valence-electron chi connectivity index (χ2n) is 8.51. The maximum Gasteiger partial charge on any atom is 0.333 e. The van der Waals surface area contributed by atoms with E-state index in [1.807, 2.05) is 11.8 Å². The Morgan fingerprint density at radius 2 is 2.00 bits per heavy atom. The third-order valence-electron chi connectivity index (χ3n) is 6.21. The molecule has 1 atom stereocenters. The van der Waals surface area contributed by atoms with Crippen LogP contribution >= 0.6 is 0 Å². The van der Waals surface area contributed by atoms with Crippen molar-refractivity contribution in [1.82, 2.24) is 18.7 Å². The number of rotatable bonds is 7. The normalized spacial score (nSPS) is 15.8. The minimum Gasteiger partial charge on any atom is -0.465 e. The fourth-order valence-corrected chi connectivity index (χ4v) is 4.57. The minimum atomic E-state index is -0.689. The van der Waals surface area contributed by atoms with Crippen molar-refractivity contribution in [3.63, 3.8) is 0 Å². The summed E-state index contributed by atoms with van der Waals surface area (Å²) in [5, 5.41) is 9.48. The maximum atomic E-state index is 13.7. The molecule has 1 aliphatic heterocycles. The molecule has 2 aromatic heterocycles. The van der Waals surface area contributed by atoms with Crippen LogP contribution in [0.1, 0.15) is 37.8 Å². The van der Waals surface area contributed by atoms with E-state index in [4.69, 9.17) is 10.5 Å². The highest BCUT2D eigenvalue weighted by Crippen LogP contribution is 2.23. The van der Waals surface area contributed by atoms with Crippen LogP contribution in [0.25, 0.3) is 11.2 Å². The highest BCUT2D eigenvalue weighted by Gasteiger charge is 2.27.